The van der Waals surface area contributed by atoms with Crippen LogP contribution in [-0.2, 0) is 5.92 Å². The van der Waals surface area contributed by atoms with Gasteiger partial charge in [-0.1, -0.05) is 17.7 Å². The highest BCUT2D eigenvalue weighted by Crippen LogP contribution is 2.28. The zero-order valence-corrected chi connectivity index (χ0v) is 17.2. The quantitative estimate of drug-likeness (QED) is 0.519. The van der Waals surface area contributed by atoms with Gasteiger partial charge in [0.1, 0.15) is 11.5 Å². The largest absolute Gasteiger partial charge is 0.322 e. The summed E-state index contributed by atoms with van der Waals surface area (Å²) in [6, 6.07) is 11.9. The lowest BCUT2D eigenvalue weighted by Gasteiger charge is -2.13. The van der Waals surface area contributed by atoms with Crippen LogP contribution in [0.25, 0.3) is 0 Å². The first-order valence-electron chi connectivity index (χ1n) is 9.08. The summed E-state index contributed by atoms with van der Waals surface area (Å²) < 4.78 is 40.2. The minimum absolute atomic E-state index is 0.0972. The fourth-order valence-electron chi connectivity index (χ4n) is 2.77. The molecular formula is C22H17ClF3N3O2. The van der Waals surface area contributed by atoms with Crippen molar-refractivity contribution in [3.05, 3.63) is 88.0 Å². The van der Waals surface area contributed by atoms with Crippen molar-refractivity contribution in [1.82, 2.24) is 4.98 Å². The van der Waals surface area contributed by atoms with E-state index in [0.29, 0.717) is 5.69 Å². The number of carbonyl (C=O) groups excluding carboxylic acids is 2. The number of nitrogens with one attached hydrogen (secondary N) is 2. The van der Waals surface area contributed by atoms with Crippen molar-refractivity contribution < 1.29 is 22.8 Å². The number of aryl methyl sites for hydroxylation is 1. The maximum Gasteiger partial charge on any atom is 0.286 e. The van der Waals surface area contributed by atoms with Gasteiger partial charge in [-0.05, 0) is 55.5 Å². The molecule has 0 unspecified atom stereocenters. The molecular weight excluding hydrogens is 431 g/mol. The van der Waals surface area contributed by atoms with Crippen molar-refractivity contribution in [2.75, 3.05) is 10.6 Å². The van der Waals surface area contributed by atoms with Gasteiger partial charge in [-0.2, -0.15) is 8.78 Å². The number of halogens is 4. The lowest BCUT2D eigenvalue weighted by molar-refractivity contribution is 0.0125. The molecule has 0 fully saturated rings. The number of nitrogens with zero attached hydrogens (tertiary/aromatic N) is 1. The van der Waals surface area contributed by atoms with E-state index in [9.17, 15) is 22.8 Å². The van der Waals surface area contributed by atoms with Crippen molar-refractivity contribution in [3.8, 4) is 0 Å². The van der Waals surface area contributed by atoms with Crippen LogP contribution in [0, 0.1) is 12.7 Å². The van der Waals surface area contributed by atoms with E-state index >= 15 is 0 Å². The molecule has 0 aliphatic rings. The van der Waals surface area contributed by atoms with Crippen molar-refractivity contribution in [3.63, 3.8) is 0 Å². The standard InChI is InChI=1S/C22H17ClF3N3O2/c1-12-16(7-9-19(27-12)22(2,25)26)21(31)28-15-6-8-17(23)18(11-15)29-20(30)13-4-3-5-14(24)10-13/h3-11H,1-2H3,(H,28,31)(H,29,30). The predicted molar refractivity (Wildman–Crippen MR) is 112 cm³/mol. The van der Waals surface area contributed by atoms with Gasteiger partial charge < -0.3 is 10.6 Å². The average molecular weight is 448 g/mol. The minimum Gasteiger partial charge on any atom is -0.322 e. The monoisotopic (exact) mass is 447 g/mol. The molecule has 0 aliphatic carbocycles. The Morgan fingerprint density at radius 2 is 1.74 bits per heavy atom. The van der Waals surface area contributed by atoms with Gasteiger partial charge in [0, 0.05) is 18.2 Å². The number of anilines is 2. The van der Waals surface area contributed by atoms with Crippen molar-refractivity contribution in [2.45, 2.75) is 19.8 Å². The average Bonchev–Trinajstić information content (AvgIpc) is 2.69. The molecule has 0 atom stereocenters. The SMILES string of the molecule is Cc1nc(C(C)(F)F)ccc1C(=O)Nc1ccc(Cl)c(NC(=O)c2cccc(F)c2)c1. The zero-order valence-electron chi connectivity index (χ0n) is 16.5. The maximum atomic E-state index is 13.4. The summed E-state index contributed by atoms with van der Waals surface area (Å²) >= 11 is 6.12. The number of rotatable bonds is 5. The molecule has 9 heteroatoms. The first kappa shape index (κ1) is 22.3. The van der Waals surface area contributed by atoms with Crippen LogP contribution in [0.15, 0.2) is 54.6 Å². The van der Waals surface area contributed by atoms with Crippen LogP contribution in [0.1, 0.15) is 39.0 Å². The summed E-state index contributed by atoms with van der Waals surface area (Å²) in [4.78, 5) is 28.7. The van der Waals surface area contributed by atoms with Crippen LogP contribution < -0.4 is 10.6 Å². The summed E-state index contributed by atoms with van der Waals surface area (Å²) in [6.45, 7) is 2.18. The maximum absolute atomic E-state index is 13.4. The fraction of sp³-hybridized carbons (Fsp3) is 0.136. The van der Waals surface area contributed by atoms with Gasteiger partial charge in [-0.3, -0.25) is 14.6 Å². The lowest BCUT2D eigenvalue weighted by Crippen LogP contribution is -2.17. The summed E-state index contributed by atoms with van der Waals surface area (Å²) in [7, 11) is 0. The van der Waals surface area contributed by atoms with Gasteiger partial charge >= 0.3 is 0 Å². The Hall–Kier alpha value is -3.39. The predicted octanol–water partition coefficient (Wildman–Crippen LogP) is 5.80. The molecule has 1 heterocycles. The van der Waals surface area contributed by atoms with Crippen LogP contribution in [0.5, 0.6) is 0 Å². The third-order valence-corrected chi connectivity index (χ3v) is 4.67. The Kier molecular flexibility index (Phi) is 6.31. The van der Waals surface area contributed by atoms with Gasteiger partial charge in [0.2, 0.25) is 0 Å². The van der Waals surface area contributed by atoms with Crippen molar-refractivity contribution in [2.24, 2.45) is 0 Å². The molecule has 2 N–H and O–H groups in total. The Morgan fingerprint density at radius 1 is 1.00 bits per heavy atom. The molecule has 160 valence electrons. The molecule has 0 aliphatic heterocycles. The smallest absolute Gasteiger partial charge is 0.286 e. The first-order valence-corrected chi connectivity index (χ1v) is 9.46. The van der Waals surface area contributed by atoms with Gasteiger partial charge in [0.05, 0.1) is 22.0 Å². The molecule has 1 aromatic heterocycles. The van der Waals surface area contributed by atoms with Crippen LogP contribution >= 0.6 is 11.6 Å². The molecule has 5 nitrogen and oxygen atoms in total. The molecule has 0 radical (unpaired) electrons. The van der Waals surface area contributed by atoms with E-state index in [0.717, 1.165) is 19.1 Å². The summed E-state index contributed by atoms with van der Waals surface area (Å²) in [6.07, 6.45) is 0. The molecule has 0 bridgehead atoms. The number of benzene rings is 2. The number of amides is 2. The molecule has 3 aromatic rings. The fourth-order valence-corrected chi connectivity index (χ4v) is 2.93. The highest BCUT2D eigenvalue weighted by Gasteiger charge is 2.27. The zero-order chi connectivity index (χ0) is 22.8. The molecule has 2 aromatic carbocycles. The molecule has 0 saturated carbocycles. The summed E-state index contributed by atoms with van der Waals surface area (Å²) in [5.41, 5.74) is 0.423. The Balaban J connectivity index is 1.79. The highest BCUT2D eigenvalue weighted by molar-refractivity contribution is 6.34. The normalized spacial score (nSPS) is 11.2. The van der Waals surface area contributed by atoms with E-state index in [1.54, 1.807) is 0 Å². The number of carbonyl (C=O) groups is 2. The Morgan fingerprint density at radius 3 is 2.39 bits per heavy atom. The van der Waals surface area contributed by atoms with Crippen LogP contribution in [0.2, 0.25) is 5.02 Å². The van der Waals surface area contributed by atoms with Gasteiger partial charge in [0.15, 0.2) is 0 Å². The van der Waals surface area contributed by atoms with Crippen LogP contribution in [0.3, 0.4) is 0 Å². The van der Waals surface area contributed by atoms with Gasteiger partial charge in [0.25, 0.3) is 17.7 Å². The van der Waals surface area contributed by atoms with Gasteiger partial charge in [-0.15, -0.1) is 0 Å². The van der Waals surface area contributed by atoms with Crippen LogP contribution in [0.4, 0.5) is 24.5 Å². The van der Waals surface area contributed by atoms with Crippen molar-refractivity contribution >= 4 is 34.8 Å². The summed E-state index contributed by atoms with van der Waals surface area (Å²) in [5, 5.41) is 5.37. The highest BCUT2D eigenvalue weighted by atomic mass is 35.5. The number of alkyl halides is 2. The Labute approximate surface area is 181 Å². The first-order chi connectivity index (χ1) is 14.5. The number of hydrogen-bond acceptors (Lipinski definition) is 3. The second-order valence-electron chi connectivity index (χ2n) is 6.83. The minimum atomic E-state index is -3.12. The number of pyridine rings is 1. The number of aromatic nitrogens is 1. The van der Waals surface area contributed by atoms with Crippen molar-refractivity contribution in [1.29, 1.82) is 0 Å². The number of hydrogen-bond donors (Lipinski definition) is 2. The van der Waals surface area contributed by atoms with Crippen LogP contribution in [-0.4, -0.2) is 16.8 Å². The van der Waals surface area contributed by atoms with E-state index in [4.69, 9.17) is 11.6 Å². The second-order valence-corrected chi connectivity index (χ2v) is 7.24. The molecule has 3 rings (SSSR count). The second kappa shape index (κ2) is 8.77. The van der Waals surface area contributed by atoms with Gasteiger partial charge in [-0.25, -0.2) is 4.39 Å². The van der Waals surface area contributed by atoms with E-state index in [1.807, 2.05) is 0 Å². The third kappa shape index (κ3) is 5.40. The third-order valence-electron chi connectivity index (χ3n) is 4.34. The molecule has 2 amide bonds. The summed E-state index contributed by atoms with van der Waals surface area (Å²) in [5.74, 6) is -4.83. The van der Waals surface area contributed by atoms with E-state index in [2.05, 4.69) is 15.6 Å². The molecule has 31 heavy (non-hydrogen) atoms. The Bertz CT molecular complexity index is 1160. The van der Waals surface area contributed by atoms with E-state index in [1.165, 1.54) is 49.4 Å². The molecule has 0 saturated heterocycles. The lowest BCUT2D eigenvalue weighted by atomic mass is 10.1. The molecule has 0 spiro atoms. The van der Waals surface area contributed by atoms with E-state index in [-0.39, 0.29) is 27.5 Å². The topological polar surface area (TPSA) is 71.1 Å². The van der Waals surface area contributed by atoms with E-state index < -0.39 is 29.2 Å².